The number of hydrogen-bond acceptors (Lipinski definition) is 5. The van der Waals surface area contributed by atoms with Crippen LogP contribution in [0.5, 0.6) is 0 Å². The molecule has 3 rings (SSSR count). The summed E-state index contributed by atoms with van der Waals surface area (Å²) in [5.41, 5.74) is -0.113. The van der Waals surface area contributed by atoms with Crippen molar-refractivity contribution in [1.29, 1.82) is 0 Å². The molecule has 3 aromatic heterocycles. The minimum Gasteiger partial charge on any atom is -0.461 e. The molecule has 0 atom stereocenters. The first-order valence-electron chi connectivity index (χ1n) is 6.01. The molecule has 0 spiro atoms. The summed E-state index contributed by atoms with van der Waals surface area (Å²) in [5.74, 6) is -1.49. The van der Waals surface area contributed by atoms with E-state index in [9.17, 15) is 18.0 Å². The fourth-order valence-corrected chi connectivity index (χ4v) is 1.82. The lowest BCUT2D eigenvalue weighted by atomic mass is 10.4. The van der Waals surface area contributed by atoms with E-state index in [0.29, 0.717) is 0 Å². The van der Waals surface area contributed by atoms with Crippen LogP contribution in [-0.2, 0) is 11.0 Å². The Balaban J connectivity index is 2.25. The lowest BCUT2D eigenvalue weighted by Gasteiger charge is -2.05. The average molecular weight is 311 g/mol. The van der Waals surface area contributed by atoms with Crippen molar-refractivity contribution in [2.24, 2.45) is 0 Å². The molecule has 3 heterocycles. The third-order valence-corrected chi connectivity index (χ3v) is 2.62. The first-order valence-corrected chi connectivity index (χ1v) is 6.01. The average Bonchev–Trinajstić information content (AvgIpc) is 3.05. The van der Waals surface area contributed by atoms with Gasteiger partial charge in [-0.05, 0) is 12.1 Å². The molecule has 10 heteroatoms. The molecule has 1 amide bonds. The van der Waals surface area contributed by atoms with Gasteiger partial charge in [0.05, 0.1) is 6.26 Å². The fourth-order valence-electron chi connectivity index (χ4n) is 1.82. The van der Waals surface area contributed by atoms with E-state index in [1.54, 1.807) is 6.07 Å². The smallest absolute Gasteiger partial charge is 0.453 e. The van der Waals surface area contributed by atoms with Gasteiger partial charge in [-0.2, -0.15) is 17.7 Å². The van der Waals surface area contributed by atoms with E-state index >= 15 is 0 Å². The van der Waals surface area contributed by atoms with Crippen molar-refractivity contribution in [1.82, 2.24) is 19.6 Å². The predicted molar refractivity (Wildman–Crippen MR) is 67.8 cm³/mol. The second-order valence-corrected chi connectivity index (χ2v) is 4.33. The number of rotatable bonds is 2. The molecular formula is C12H8F3N5O2. The molecular weight excluding hydrogens is 303 g/mol. The summed E-state index contributed by atoms with van der Waals surface area (Å²) in [6.07, 6.45) is -3.35. The summed E-state index contributed by atoms with van der Waals surface area (Å²) in [5, 5.41) is 5.80. The van der Waals surface area contributed by atoms with Gasteiger partial charge in [0, 0.05) is 13.0 Å². The Morgan fingerprint density at radius 1 is 1.36 bits per heavy atom. The molecule has 3 aromatic rings. The van der Waals surface area contributed by atoms with Crippen molar-refractivity contribution < 1.29 is 22.4 Å². The summed E-state index contributed by atoms with van der Waals surface area (Å²) in [7, 11) is 0. The van der Waals surface area contributed by atoms with Crippen LogP contribution in [0.4, 0.5) is 19.0 Å². The van der Waals surface area contributed by atoms with Gasteiger partial charge in [-0.3, -0.25) is 4.79 Å². The van der Waals surface area contributed by atoms with E-state index in [2.05, 4.69) is 20.4 Å². The Labute approximate surface area is 120 Å². The number of halogens is 3. The maximum Gasteiger partial charge on any atom is 0.453 e. The Bertz CT molecular complexity index is 838. The van der Waals surface area contributed by atoms with E-state index in [1.807, 2.05) is 0 Å². The minimum absolute atomic E-state index is 0.00532. The molecule has 0 radical (unpaired) electrons. The molecule has 0 fully saturated rings. The number of nitrogens with zero attached hydrogens (tertiary/aromatic N) is 4. The normalized spacial score (nSPS) is 11.8. The van der Waals surface area contributed by atoms with Crippen molar-refractivity contribution >= 4 is 17.4 Å². The highest BCUT2D eigenvalue weighted by Crippen LogP contribution is 2.28. The monoisotopic (exact) mass is 311 g/mol. The Morgan fingerprint density at radius 3 is 2.73 bits per heavy atom. The SMILES string of the molecule is CC(=O)Nc1cc2nc(C(F)(F)F)nn2c(-c2ccco2)n1. The second kappa shape index (κ2) is 4.83. The number of carbonyl (C=O) groups excluding carboxylic acids is 1. The molecule has 0 unspecified atom stereocenters. The second-order valence-electron chi connectivity index (χ2n) is 4.33. The lowest BCUT2D eigenvalue weighted by molar-refractivity contribution is -0.144. The van der Waals surface area contributed by atoms with E-state index in [0.717, 1.165) is 4.52 Å². The topological polar surface area (TPSA) is 85.3 Å². The van der Waals surface area contributed by atoms with Crippen LogP contribution < -0.4 is 5.32 Å². The van der Waals surface area contributed by atoms with Gasteiger partial charge in [-0.1, -0.05) is 0 Å². The molecule has 7 nitrogen and oxygen atoms in total. The lowest BCUT2D eigenvalue weighted by Crippen LogP contribution is -2.10. The maximum atomic E-state index is 12.8. The van der Waals surface area contributed by atoms with Crippen molar-refractivity contribution in [3.05, 3.63) is 30.3 Å². The quantitative estimate of drug-likeness (QED) is 0.785. The zero-order chi connectivity index (χ0) is 15.9. The van der Waals surface area contributed by atoms with Gasteiger partial charge in [0.15, 0.2) is 11.4 Å². The van der Waals surface area contributed by atoms with Gasteiger partial charge in [0.1, 0.15) is 5.82 Å². The molecule has 0 bridgehead atoms. The van der Waals surface area contributed by atoms with Gasteiger partial charge in [-0.25, -0.2) is 9.97 Å². The molecule has 0 aliphatic rings. The number of carbonyl (C=O) groups is 1. The third-order valence-electron chi connectivity index (χ3n) is 2.62. The summed E-state index contributed by atoms with van der Waals surface area (Å²) in [6, 6.07) is 4.25. The van der Waals surface area contributed by atoms with Crippen LogP contribution in [0.25, 0.3) is 17.2 Å². The molecule has 0 saturated carbocycles. The Kier molecular flexibility index (Phi) is 3.08. The van der Waals surface area contributed by atoms with Crippen LogP contribution in [0.15, 0.2) is 28.9 Å². The van der Waals surface area contributed by atoms with Crippen LogP contribution in [0.1, 0.15) is 12.7 Å². The summed E-state index contributed by atoms with van der Waals surface area (Å²) >= 11 is 0. The van der Waals surface area contributed by atoms with E-state index in [4.69, 9.17) is 4.42 Å². The fraction of sp³-hybridized carbons (Fsp3) is 0.167. The van der Waals surface area contributed by atoms with Crippen LogP contribution in [0, 0.1) is 0 Å². The zero-order valence-corrected chi connectivity index (χ0v) is 11.0. The number of alkyl halides is 3. The number of anilines is 1. The summed E-state index contributed by atoms with van der Waals surface area (Å²) < 4.78 is 44.3. The highest BCUT2D eigenvalue weighted by molar-refractivity contribution is 5.88. The number of fused-ring (bicyclic) bond motifs is 1. The molecule has 1 N–H and O–H groups in total. The van der Waals surface area contributed by atoms with Gasteiger partial charge in [0.25, 0.3) is 5.82 Å². The standard InChI is InChI=1S/C12H8F3N5O2/c1-6(21)16-8-5-9-18-11(12(13,14)15)19-20(9)10(17-8)7-3-2-4-22-7/h2-5H,1H3,(H,16,21). The predicted octanol–water partition coefficient (Wildman–Crippen LogP) is 2.36. The molecule has 0 aliphatic heterocycles. The van der Waals surface area contributed by atoms with Gasteiger partial charge >= 0.3 is 6.18 Å². The molecule has 0 aliphatic carbocycles. The van der Waals surface area contributed by atoms with Gasteiger partial charge in [0.2, 0.25) is 11.7 Å². The van der Waals surface area contributed by atoms with E-state index in [-0.39, 0.29) is 23.0 Å². The van der Waals surface area contributed by atoms with E-state index in [1.165, 1.54) is 25.3 Å². The van der Waals surface area contributed by atoms with Crippen LogP contribution >= 0.6 is 0 Å². The number of nitrogens with one attached hydrogen (secondary N) is 1. The first-order chi connectivity index (χ1) is 10.3. The third kappa shape index (κ3) is 2.50. The summed E-state index contributed by atoms with van der Waals surface area (Å²) in [4.78, 5) is 18.6. The van der Waals surface area contributed by atoms with Crippen molar-refractivity contribution in [3.8, 4) is 11.6 Å². The molecule has 0 aromatic carbocycles. The number of aromatic nitrogens is 4. The number of furan rings is 1. The minimum atomic E-state index is -4.69. The highest BCUT2D eigenvalue weighted by atomic mass is 19.4. The summed E-state index contributed by atoms with van der Waals surface area (Å²) in [6.45, 7) is 1.25. The molecule has 0 saturated heterocycles. The Morgan fingerprint density at radius 2 is 2.14 bits per heavy atom. The van der Waals surface area contributed by atoms with Crippen molar-refractivity contribution in [3.63, 3.8) is 0 Å². The first kappa shape index (κ1) is 14.0. The highest BCUT2D eigenvalue weighted by Gasteiger charge is 2.36. The number of amides is 1. The zero-order valence-electron chi connectivity index (χ0n) is 11.0. The van der Waals surface area contributed by atoms with Crippen LogP contribution in [0.3, 0.4) is 0 Å². The van der Waals surface area contributed by atoms with Crippen LogP contribution in [-0.4, -0.2) is 25.5 Å². The number of hydrogen-bond donors (Lipinski definition) is 1. The Hall–Kier alpha value is -2.91. The van der Waals surface area contributed by atoms with Crippen LogP contribution in [0.2, 0.25) is 0 Å². The van der Waals surface area contributed by atoms with Gasteiger partial charge < -0.3 is 9.73 Å². The van der Waals surface area contributed by atoms with Crippen molar-refractivity contribution in [2.45, 2.75) is 13.1 Å². The van der Waals surface area contributed by atoms with Gasteiger partial charge in [-0.15, -0.1) is 5.10 Å². The van der Waals surface area contributed by atoms with Crippen molar-refractivity contribution in [2.75, 3.05) is 5.32 Å². The maximum absolute atomic E-state index is 12.8. The molecule has 114 valence electrons. The molecule has 22 heavy (non-hydrogen) atoms. The largest absolute Gasteiger partial charge is 0.461 e. The van der Waals surface area contributed by atoms with E-state index < -0.39 is 17.9 Å².